The fourth-order valence-corrected chi connectivity index (χ4v) is 2.08. The highest BCUT2D eigenvalue weighted by molar-refractivity contribution is 6.13. The lowest BCUT2D eigenvalue weighted by atomic mass is 10.1. The van der Waals surface area contributed by atoms with E-state index in [1.807, 2.05) is 0 Å². The van der Waals surface area contributed by atoms with Gasteiger partial charge in [-0.2, -0.15) is 0 Å². The first-order chi connectivity index (χ1) is 7.86. The Morgan fingerprint density at radius 2 is 1.12 bits per heavy atom. The summed E-state index contributed by atoms with van der Waals surface area (Å²) in [4.78, 5) is 0. The number of rotatable bonds is 0. The normalized spacial score (nSPS) is 10.9. The largest absolute Gasteiger partial charge is 0.432 e. The third kappa shape index (κ3) is 2.01. The van der Waals surface area contributed by atoms with Crippen molar-refractivity contribution in [3.63, 3.8) is 0 Å². The van der Waals surface area contributed by atoms with E-state index in [4.69, 9.17) is 10.0 Å². The van der Waals surface area contributed by atoms with Gasteiger partial charge in [-0.05, 0) is 28.7 Å². The highest BCUT2D eigenvalue weighted by Crippen LogP contribution is 2.35. The first-order valence-electron chi connectivity index (χ1n) is 5.24. The fourth-order valence-electron chi connectivity index (χ4n) is 2.08. The molecule has 0 spiro atoms. The molecule has 2 aromatic rings. The van der Waals surface area contributed by atoms with Crippen LogP contribution in [0.4, 0.5) is 0 Å². The molecule has 3 heteroatoms. The average Bonchev–Trinajstić information content (AvgIpc) is 2.68. The molecule has 0 aliphatic heterocycles. The highest BCUT2D eigenvalue weighted by Gasteiger charge is 2.15. The quantitative estimate of drug-likeness (QED) is 0.554. The van der Waals surface area contributed by atoms with Gasteiger partial charge in [0.15, 0.2) is 0 Å². The zero-order valence-corrected chi connectivity index (χ0v) is 8.93. The summed E-state index contributed by atoms with van der Waals surface area (Å²) < 4.78 is 0. The summed E-state index contributed by atoms with van der Waals surface area (Å²) >= 11 is 0. The van der Waals surface area contributed by atoms with E-state index in [9.17, 15) is 0 Å². The van der Waals surface area contributed by atoms with Crippen LogP contribution in [0.5, 0.6) is 0 Å². The lowest BCUT2D eigenvalue weighted by Crippen LogP contribution is -1.77. The van der Waals surface area contributed by atoms with Crippen molar-refractivity contribution in [3.05, 3.63) is 59.7 Å². The summed E-state index contributed by atoms with van der Waals surface area (Å²) in [6.07, 6.45) is 1.10. The molecule has 0 saturated carbocycles. The van der Waals surface area contributed by atoms with E-state index in [-0.39, 0.29) is 0 Å². The van der Waals surface area contributed by atoms with Gasteiger partial charge in [-0.1, -0.05) is 48.5 Å². The van der Waals surface area contributed by atoms with Crippen LogP contribution in [-0.4, -0.2) is 17.7 Å². The van der Waals surface area contributed by atoms with E-state index < -0.39 is 7.69 Å². The van der Waals surface area contributed by atoms with Crippen molar-refractivity contribution in [1.82, 2.24) is 0 Å². The van der Waals surface area contributed by atoms with Gasteiger partial charge in [0, 0.05) is 0 Å². The van der Waals surface area contributed by atoms with Gasteiger partial charge < -0.3 is 10.0 Å². The van der Waals surface area contributed by atoms with Crippen molar-refractivity contribution in [1.29, 1.82) is 0 Å². The maximum Gasteiger partial charge on any atom is 0.432 e. The van der Waals surface area contributed by atoms with E-state index in [2.05, 4.69) is 48.5 Å². The molecule has 0 saturated heterocycles. The number of fused-ring (bicyclic) bond motifs is 3. The van der Waals surface area contributed by atoms with Crippen LogP contribution in [-0.2, 0) is 6.42 Å². The SMILES string of the molecule is OBO.c1ccc2c(c1)Cc1ccccc1-2. The number of benzene rings is 2. The van der Waals surface area contributed by atoms with Gasteiger partial charge in [-0.3, -0.25) is 0 Å². The van der Waals surface area contributed by atoms with Gasteiger partial charge in [0.25, 0.3) is 0 Å². The number of hydrogen-bond donors (Lipinski definition) is 2. The molecule has 2 nitrogen and oxygen atoms in total. The van der Waals surface area contributed by atoms with Crippen molar-refractivity contribution in [2.75, 3.05) is 0 Å². The summed E-state index contributed by atoms with van der Waals surface area (Å²) in [5.41, 5.74) is 5.75. The Morgan fingerprint density at radius 3 is 1.56 bits per heavy atom. The standard InChI is InChI=1S/C13H10.BH3O2/c1-3-7-12-10(5-1)9-11-6-2-4-8-13(11)12;2-1-3/h1-8H,9H2;1-3H. The predicted octanol–water partition coefficient (Wildman–Crippen LogP) is 1.50. The van der Waals surface area contributed by atoms with Crippen LogP contribution in [0.3, 0.4) is 0 Å². The molecular formula is C13H13BO2. The van der Waals surface area contributed by atoms with Crippen molar-refractivity contribution < 1.29 is 10.0 Å². The maximum absolute atomic E-state index is 7.12. The first-order valence-corrected chi connectivity index (χ1v) is 5.24. The predicted molar refractivity (Wildman–Crippen MR) is 66.3 cm³/mol. The third-order valence-corrected chi connectivity index (χ3v) is 2.71. The van der Waals surface area contributed by atoms with Crippen molar-refractivity contribution >= 4 is 7.69 Å². The molecule has 80 valence electrons. The molecule has 0 atom stereocenters. The molecule has 2 N–H and O–H groups in total. The average molecular weight is 212 g/mol. The smallest absolute Gasteiger partial charge is 0.430 e. The van der Waals surface area contributed by atoms with Gasteiger partial charge in [0.2, 0.25) is 0 Å². The topological polar surface area (TPSA) is 40.5 Å². The molecule has 0 heterocycles. The van der Waals surface area contributed by atoms with Crippen LogP contribution < -0.4 is 0 Å². The maximum atomic E-state index is 7.12. The van der Waals surface area contributed by atoms with Crippen molar-refractivity contribution in [2.45, 2.75) is 6.42 Å². The Kier molecular flexibility index (Phi) is 3.39. The molecule has 16 heavy (non-hydrogen) atoms. The Morgan fingerprint density at radius 1 is 0.750 bits per heavy atom. The molecule has 1 aliphatic rings. The van der Waals surface area contributed by atoms with Gasteiger partial charge in [-0.15, -0.1) is 0 Å². The molecule has 0 unspecified atom stereocenters. The molecular weight excluding hydrogens is 199 g/mol. The van der Waals surface area contributed by atoms with Crippen LogP contribution in [0.2, 0.25) is 0 Å². The molecule has 0 fully saturated rings. The fraction of sp³-hybridized carbons (Fsp3) is 0.0769. The number of hydrogen-bond acceptors (Lipinski definition) is 2. The van der Waals surface area contributed by atoms with E-state index in [1.165, 1.54) is 22.3 Å². The van der Waals surface area contributed by atoms with Crippen LogP contribution in [0.1, 0.15) is 11.1 Å². The van der Waals surface area contributed by atoms with Gasteiger partial charge in [0.1, 0.15) is 0 Å². The lowest BCUT2D eigenvalue weighted by Gasteiger charge is -1.98. The molecule has 2 aromatic carbocycles. The van der Waals surface area contributed by atoms with E-state index in [0.29, 0.717) is 0 Å². The van der Waals surface area contributed by atoms with Gasteiger partial charge in [0.05, 0.1) is 0 Å². The lowest BCUT2D eigenvalue weighted by molar-refractivity contribution is 0.448. The Hall–Kier alpha value is -1.58. The van der Waals surface area contributed by atoms with Crippen molar-refractivity contribution in [2.24, 2.45) is 0 Å². The second-order valence-electron chi connectivity index (χ2n) is 3.63. The van der Waals surface area contributed by atoms with Crippen LogP contribution in [0.15, 0.2) is 48.5 Å². The molecule has 0 radical (unpaired) electrons. The van der Waals surface area contributed by atoms with E-state index in [1.54, 1.807) is 0 Å². The summed E-state index contributed by atoms with van der Waals surface area (Å²) in [5, 5.41) is 14.2. The zero-order chi connectivity index (χ0) is 11.4. The molecule has 0 aromatic heterocycles. The van der Waals surface area contributed by atoms with E-state index >= 15 is 0 Å². The minimum Gasteiger partial charge on any atom is -0.430 e. The van der Waals surface area contributed by atoms with Crippen LogP contribution in [0, 0.1) is 0 Å². The summed E-state index contributed by atoms with van der Waals surface area (Å²) in [6, 6.07) is 17.3. The van der Waals surface area contributed by atoms with Gasteiger partial charge >= 0.3 is 7.69 Å². The molecule has 1 aliphatic carbocycles. The van der Waals surface area contributed by atoms with Crippen LogP contribution in [0.25, 0.3) is 11.1 Å². The zero-order valence-electron chi connectivity index (χ0n) is 8.93. The van der Waals surface area contributed by atoms with Gasteiger partial charge in [-0.25, -0.2) is 0 Å². The van der Waals surface area contributed by atoms with Crippen LogP contribution >= 0.6 is 0 Å². The monoisotopic (exact) mass is 212 g/mol. The second-order valence-corrected chi connectivity index (χ2v) is 3.63. The van der Waals surface area contributed by atoms with E-state index in [0.717, 1.165) is 6.42 Å². The second kappa shape index (κ2) is 4.97. The van der Waals surface area contributed by atoms with Crippen molar-refractivity contribution in [3.8, 4) is 11.1 Å². The summed E-state index contributed by atoms with van der Waals surface area (Å²) in [5.74, 6) is 0. The Bertz CT molecular complexity index is 439. The third-order valence-electron chi connectivity index (χ3n) is 2.71. The molecule has 0 amide bonds. The summed E-state index contributed by atoms with van der Waals surface area (Å²) in [7, 11) is -0.750. The molecule has 0 bridgehead atoms. The minimum atomic E-state index is -0.750. The minimum absolute atomic E-state index is 0.750. The first kappa shape index (κ1) is 10.9. The molecule has 3 rings (SSSR count). The Labute approximate surface area is 95.5 Å². The highest BCUT2D eigenvalue weighted by atomic mass is 16.4. The Balaban J connectivity index is 0.000000292. The summed E-state index contributed by atoms with van der Waals surface area (Å²) in [6.45, 7) is 0.